The zero-order valence-corrected chi connectivity index (χ0v) is 15.2. The molecule has 0 fully saturated rings. The predicted molar refractivity (Wildman–Crippen MR) is 103 cm³/mol. The first-order valence-electron chi connectivity index (χ1n) is 7.84. The Morgan fingerprint density at radius 2 is 1.74 bits per heavy atom. The number of nitrogens with one attached hydrogen (secondary N) is 1. The molecular weight excluding hydrogens is 306 g/mol. The molecule has 23 heavy (non-hydrogen) atoms. The van der Waals surface area contributed by atoms with Crippen LogP contribution < -0.4 is 11.1 Å². The molecule has 1 heterocycles. The average Bonchev–Trinajstić information content (AvgIpc) is 3.01. The lowest BCUT2D eigenvalue weighted by molar-refractivity contribution is 0.476. The third kappa shape index (κ3) is 4.36. The lowest BCUT2D eigenvalue weighted by Gasteiger charge is -2.07. The van der Waals surface area contributed by atoms with Gasteiger partial charge in [-0.15, -0.1) is 11.3 Å². The highest BCUT2D eigenvalue weighted by Crippen LogP contribution is 2.36. The van der Waals surface area contributed by atoms with E-state index in [0.717, 1.165) is 26.5 Å². The molecule has 3 aromatic rings. The summed E-state index contributed by atoms with van der Waals surface area (Å²) in [6.45, 7) is 8.00. The lowest BCUT2D eigenvalue weighted by atomic mass is 10.1. The molecule has 0 spiro atoms. The highest BCUT2D eigenvalue weighted by molar-refractivity contribution is 7.21. The number of anilines is 2. The fourth-order valence-corrected chi connectivity index (χ4v) is 3.02. The summed E-state index contributed by atoms with van der Waals surface area (Å²) in [4.78, 5) is 4.59. The Balaban J connectivity index is 0.000000615. The Labute approximate surface area is 142 Å². The molecular formula is C18H25N3OS. The van der Waals surface area contributed by atoms with Gasteiger partial charge in [-0.25, -0.2) is 4.98 Å². The van der Waals surface area contributed by atoms with Crippen molar-refractivity contribution in [1.82, 2.24) is 4.98 Å². The Morgan fingerprint density at radius 1 is 1.04 bits per heavy atom. The maximum atomic E-state index is 9.50. The summed E-state index contributed by atoms with van der Waals surface area (Å²) in [7, 11) is 1.86. The summed E-state index contributed by atoms with van der Waals surface area (Å²) in [5.41, 5.74) is 9.35. The van der Waals surface area contributed by atoms with Crippen LogP contribution in [0.15, 0.2) is 36.4 Å². The number of nitrogens with two attached hydrogens (primary N) is 1. The van der Waals surface area contributed by atoms with Crippen molar-refractivity contribution in [2.45, 2.75) is 27.7 Å². The minimum absolute atomic E-state index is 0.258. The molecule has 4 N–H and O–H groups in total. The van der Waals surface area contributed by atoms with E-state index >= 15 is 0 Å². The zero-order chi connectivity index (χ0) is 17.4. The standard InChI is InChI=1S/C14H13N3OS.2C2H6/c1-16-12-6-8(15)2-4-10(12)14-17-11-5-3-9(18)7-13(11)19-14;2*1-2/h2-7,16,18H,15H2,1H3;2*1-2H3. The van der Waals surface area contributed by atoms with E-state index in [1.54, 1.807) is 23.5 Å². The molecule has 4 nitrogen and oxygen atoms in total. The van der Waals surface area contributed by atoms with Crippen LogP contribution in [0, 0.1) is 0 Å². The van der Waals surface area contributed by atoms with Gasteiger partial charge in [-0.05, 0) is 36.4 Å². The molecule has 0 amide bonds. The summed E-state index contributed by atoms with van der Waals surface area (Å²) in [5, 5.41) is 13.5. The number of fused-ring (bicyclic) bond motifs is 1. The molecule has 5 heteroatoms. The molecule has 0 bridgehead atoms. The van der Waals surface area contributed by atoms with Crippen molar-refractivity contribution in [2.24, 2.45) is 0 Å². The molecule has 0 unspecified atom stereocenters. The summed E-state index contributed by atoms with van der Waals surface area (Å²) in [5.74, 6) is 0.258. The molecule has 2 aromatic carbocycles. The Kier molecular flexibility index (Phi) is 7.35. The van der Waals surface area contributed by atoms with Crippen molar-refractivity contribution < 1.29 is 5.11 Å². The van der Waals surface area contributed by atoms with Crippen LogP contribution in [0.25, 0.3) is 20.8 Å². The van der Waals surface area contributed by atoms with E-state index in [0.29, 0.717) is 5.69 Å². The molecule has 0 saturated heterocycles. The van der Waals surface area contributed by atoms with Gasteiger partial charge in [0.05, 0.1) is 10.2 Å². The fourth-order valence-electron chi connectivity index (χ4n) is 1.98. The van der Waals surface area contributed by atoms with Gasteiger partial charge in [-0.2, -0.15) is 0 Å². The molecule has 0 aliphatic rings. The maximum absolute atomic E-state index is 9.50. The third-order valence-corrected chi connectivity index (χ3v) is 3.97. The van der Waals surface area contributed by atoms with E-state index in [4.69, 9.17) is 5.73 Å². The smallest absolute Gasteiger partial charge is 0.126 e. The molecule has 3 rings (SSSR count). The summed E-state index contributed by atoms with van der Waals surface area (Å²) in [6, 6.07) is 10.9. The number of aromatic nitrogens is 1. The first-order valence-corrected chi connectivity index (χ1v) is 8.66. The topological polar surface area (TPSA) is 71.2 Å². The number of nitrogen functional groups attached to an aromatic ring is 1. The number of phenols is 1. The van der Waals surface area contributed by atoms with Crippen molar-refractivity contribution in [3.05, 3.63) is 36.4 Å². The van der Waals surface area contributed by atoms with Crippen LogP contribution in [0.1, 0.15) is 27.7 Å². The SMILES string of the molecule is CC.CC.CNc1cc(N)ccc1-c1nc2ccc(O)cc2s1. The van der Waals surface area contributed by atoms with E-state index in [9.17, 15) is 5.11 Å². The number of rotatable bonds is 2. The third-order valence-electron chi connectivity index (χ3n) is 2.92. The first-order chi connectivity index (χ1) is 11.2. The quantitative estimate of drug-likeness (QED) is 0.554. The number of hydrogen-bond acceptors (Lipinski definition) is 5. The van der Waals surface area contributed by atoms with Gasteiger partial charge in [0.15, 0.2) is 0 Å². The van der Waals surface area contributed by atoms with E-state index in [-0.39, 0.29) is 5.75 Å². The molecule has 0 atom stereocenters. The number of aromatic hydroxyl groups is 1. The number of benzene rings is 2. The van der Waals surface area contributed by atoms with Crippen LogP contribution >= 0.6 is 11.3 Å². The van der Waals surface area contributed by atoms with Gasteiger partial charge >= 0.3 is 0 Å². The lowest BCUT2D eigenvalue weighted by Crippen LogP contribution is -1.94. The van der Waals surface area contributed by atoms with E-state index in [1.165, 1.54) is 0 Å². The zero-order valence-electron chi connectivity index (χ0n) is 14.3. The molecule has 0 aliphatic heterocycles. The van der Waals surface area contributed by atoms with Crippen molar-refractivity contribution in [2.75, 3.05) is 18.1 Å². The fraction of sp³-hybridized carbons (Fsp3) is 0.278. The Bertz CT molecular complexity index is 753. The second kappa shape index (κ2) is 9.00. The number of nitrogens with zero attached hydrogens (tertiary/aromatic N) is 1. The van der Waals surface area contributed by atoms with Crippen LogP contribution in [-0.2, 0) is 0 Å². The molecule has 0 saturated carbocycles. The monoisotopic (exact) mass is 331 g/mol. The van der Waals surface area contributed by atoms with Crippen molar-refractivity contribution >= 4 is 32.9 Å². The first kappa shape index (κ1) is 18.8. The van der Waals surface area contributed by atoms with Crippen LogP contribution in [0.2, 0.25) is 0 Å². The summed E-state index contributed by atoms with van der Waals surface area (Å²) >= 11 is 1.55. The van der Waals surface area contributed by atoms with Gasteiger partial charge in [0, 0.05) is 24.0 Å². The Hall–Kier alpha value is -2.27. The van der Waals surface area contributed by atoms with Gasteiger partial charge in [0.2, 0.25) is 0 Å². The van der Waals surface area contributed by atoms with Crippen molar-refractivity contribution in [1.29, 1.82) is 0 Å². The molecule has 1 aromatic heterocycles. The highest BCUT2D eigenvalue weighted by atomic mass is 32.1. The Morgan fingerprint density at radius 3 is 2.39 bits per heavy atom. The number of thiazole rings is 1. The molecule has 0 aliphatic carbocycles. The van der Waals surface area contributed by atoms with Gasteiger partial charge < -0.3 is 16.2 Å². The van der Waals surface area contributed by atoms with E-state index < -0.39 is 0 Å². The predicted octanol–water partition coefficient (Wildman–Crippen LogP) is 5.35. The molecule has 124 valence electrons. The number of hydrogen-bond donors (Lipinski definition) is 3. The van der Waals surface area contributed by atoms with E-state index in [1.807, 2.05) is 59.0 Å². The number of phenolic OH excluding ortho intramolecular Hbond substituents is 1. The van der Waals surface area contributed by atoms with Gasteiger partial charge in [-0.3, -0.25) is 0 Å². The second-order valence-electron chi connectivity index (χ2n) is 4.23. The second-order valence-corrected chi connectivity index (χ2v) is 5.26. The van der Waals surface area contributed by atoms with Gasteiger partial charge in [0.1, 0.15) is 10.8 Å². The van der Waals surface area contributed by atoms with Crippen LogP contribution in [-0.4, -0.2) is 17.1 Å². The minimum Gasteiger partial charge on any atom is -0.508 e. The largest absolute Gasteiger partial charge is 0.508 e. The van der Waals surface area contributed by atoms with Crippen LogP contribution in [0.5, 0.6) is 5.75 Å². The minimum atomic E-state index is 0.258. The van der Waals surface area contributed by atoms with Gasteiger partial charge in [-0.1, -0.05) is 27.7 Å². The van der Waals surface area contributed by atoms with Crippen LogP contribution in [0.4, 0.5) is 11.4 Å². The maximum Gasteiger partial charge on any atom is 0.126 e. The summed E-state index contributed by atoms with van der Waals surface area (Å²) < 4.78 is 0.967. The highest BCUT2D eigenvalue weighted by Gasteiger charge is 2.10. The molecule has 0 radical (unpaired) electrons. The average molecular weight is 331 g/mol. The van der Waals surface area contributed by atoms with Crippen LogP contribution in [0.3, 0.4) is 0 Å². The van der Waals surface area contributed by atoms with Gasteiger partial charge in [0.25, 0.3) is 0 Å². The van der Waals surface area contributed by atoms with Crippen molar-refractivity contribution in [3.63, 3.8) is 0 Å². The van der Waals surface area contributed by atoms with E-state index in [2.05, 4.69) is 10.3 Å². The normalized spacial score (nSPS) is 9.43. The van der Waals surface area contributed by atoms with Crippen molar-refractivity contribution in [3.8, 4) is 16.3 Å². The summed E-state index contributed by atoms with van der Waals surface area (Å²) in [6.07, 6.45) is 0.